The van der Waals surface area contributed by atoms with Crippen LogP contribution in [0.25, 0.3) is 0 Å². The summed E-state index contributed by atoms with van der Waals surface area (Å²) < 4.78 is 5.83. The Morgan fingerprint density at radius 1 is 0.788 bits per heavy atom. The average Bonchev–Trinajstić information content (AvgIpc) is 2.83. The molecule has 0 N–H and O–H groups in total. The van der Waals surface area contributed by atoms with Crippen molar-refractivity contribution >= 4 is 17.2 Å². The predicted molar refractivity (Wildman–Crippen MR) is 139 cm³/mol. The Bertz CT molecular complexity index is 985. The molecule has 0 atom stereocenters. The summed E-state index contributed by atoms with van der Waals surface area (Å²) in [5.74, 6) is 0.989. The SMILES string of the molecule is C=CC(=O)CCCOc1ccc(C(c2ccc(N(C)C)cc2)c2ccc(N(C)C)cc2)cc1. The quantitative estimate of drug-likeness (QED) is 0.210. The van der Waals surface area contributed by atoms with E-state index in [4.69, 9.17) is 4.74 Å². The first-order valence-corrected chi connectivity index (χ1v) is 11.3. The van der Waals surface area contributed by atoms with Gasteiger partial charge in [0.25, 0.3) is 0 Å². The van der Waals surface area contributed by atoms with Gasteiger partial charge in [-0.15, -0.1) is 0 Å². The van der Waals surface area contributed by atoms with Crippen LogP contribution in [-0.4, -0.2) is 40.6 Å². The van der Waals surface area contributed by atoms with Gasteiger partial charge in [-0.1, -0.05) is 43.0 Å². The molecule has 0 heterocycles. The molecular weight excluding hydrogens is 408 g/mol. The van der Waals surface area contributed by atoms with Crippen LogP contribution in [0.5, 0.6) is 5.75 Å². The molecule has 0 aliphatic carbocycles. The van der Waals surface area contributed by atoms with Crippen LogP contribution in [0.3, 0.4) is 0 Å². The topological polar surface area (TPSA) is 32.8 Å². The third-order valence-corrected chi connectivity index (χ3v) is 5.76. The fourth-order valence-electron chi connectivity index (χ4n) is 3.80. The third-order valence-electron chi connectivity index (χ3n) is 5.76. The molecule has 0 unspecified atom stereocenters. The number of hydrogen-bond donors (Lipinski definition) is 0. The third kappa shape index (κ3) is 6.48. The van der Waals surface area contributed by atoms with Gasteiger partial charge in [0.1, 0.15) is 5.75 Å². The molecule has 0 saturated heterocycles. The minimum atomic E-state index is 0.0531. The van der Waals surface area contributed by atoms with Gasteiger partial charge in [-0.2, -0.15) is 0 Å². The van der Waals surface area contributed by atoms with Crippen molar-refractivity contribution in [2.45, 2.75) is 18.8 Å². The van der Waals surface area contributed by atoms with Crippen molar-refractivity contribution < 1.29 is 9.53 Å². The lowest BCUT2D eigenvalue weighted by molar-refractivity contribution is -0.114. The zero-order valence-corrected chi connectivity index (χ0v) is 20.1. The largest absolute Gasteiger partial charge is 0.494 e. The van der Waals surface area contributed by atoms with Crippen LogP contribution >= 0.6 is 0 Å². The molecule has 3 aromatic carbocycles. The highest BCUT2D eigenvalue weighted by molar-refractivity contribution is 5.88. The highest BCUT2D eigenvalue weighted by atomic mass is 16.5. The lowest BCUT2D eigenvalue weighted by Gasteiger charge is -2.22. The number of carbonyl (C=O) groups is 1. The first-order chi connectivity index (χ1) is 15.9. The molecule has 172 valence electrons. The fourth-order valence-corrected chi connectivity index (χ4v) is 3.80. The van der Waals surface area contributed by atoms with E-state index in [1.165, 1.54) is 34.1 Å². The molecule has 0 fully saturated rings. The molecule has 0 spiro atoms. The van der Waals surface area contributed by atoms with Gasteiger partial charge in [0, 0.05) is 51.9 Å². The molecule has 4 nitrogen and oxygen atoms in total. The summed E-state index contributed by atoms with van der Waals surface area (Å²) in [5.41, 5.74) is 6.06. The number of anilines is 2. The van der Waals surface area contributed by atoms with E-state index in [-0.39, 0.29) is 11.7 Å². The van der Waals surface area contributed by atoms with Crippen molar-refractivity contribution in [3.8, 4) is 5.75 Å². The van der Waals surface area contributed by atoms with E-state index in [0.29, 0.717) is 19.4 Å². The molecule has 0 aromatic heterocycles. The lowest BCUT2D eigenvalue weighted by Crippen LogP contribution is -2.10. The maximum Gasteiger partial charge on any atom is 0.155 e. The van der Waals surface area contributed by atoms with Crippen molar-refractivity contribution in [3.05, 3.63) is 102 Å². The number of ketones is 1. The predicted octanol–water partition coefficient (Wildman–Crippen LogP) is 5.91. The molecule has 33 heavy (non-hydrogen) atoms. The van der Waals surface area contributed by atoms with Gasteiger partial charge in [-0.05, 0) is 65.6 Å². The Balaban J connectivity index is 1.84. The molecule has 3 aromatic rings. The number of hydrogen-bond acceptors (Lipinski definition) is 4. The number of nitrogens with zero attached hydrogens (tertiary/aromatic N) is 2. The molecule has 0 bridgehead atoms. The smallest absolute Gasteiger partial charge is 0.155 e. The summed E-state index contributed by atoms with van der Waals surface area (Å²) in [6.07, 6.45) is 2.52. The van der Waals surface area contributed by atoms with Crippen LogP contribution in [0.15, 0.2) is 85.5 Å². The van der Waals surface area contributed by atoms with Crippen molar-refractivity contribution in [1.29, 1.82) is 0 Å². The molecule has 3 rings (SSSR count). The van der Waals surface area contributed by atoms with Crippen LogP contribution in [0, 0.1) is 0 Å². The van der Waals surface area contributed by atoms with E-state index in [1.54, 1.807) is 0 Å². The molecule has 0 aliphatic rings. The second kappa shape index (κ2) is 11.4. The highest BCUT2D eigenvalue weighted by Gasteiger charge is 2.17. The van der Waals surface area contributed by atoms with Gasteiger partial charge in [-0.25, -0.2) is 0 Å². The Morgan fingerprint density at radius 2 is 1.21 bits per heavy atom. The molecule has 0 saturated carbocycles. The van der Waals surface area contributed by atoms with Crippen LogP contribution in [0.2, 0.25) is 0 Å². The lowest BCUT2D eigenvalue weighted by atomic mass is 9.85. The zero-order chi connectivity index (χ0) is 23.8. The van der Waals surface area contributed by atoms with Gasteiger partial charge in [0.15, 0.2) is 5.78 Å². The van der Waals surface area contributed by atoms with E-state index in [9.17, 15) is 4.79 Å². The van der Waals surface area contributed by atoms with E-state index in [0.717, 1.165) is 5.75 Å². The fraction of sp³-hybridized carbons (Fsp3) is 0.276. The minimum Gasteiger partial charge on any atom is -0.494 e. The van der Waals surface area contributed by atoms with Crippen LogP contribution in [0.1, 0.15) is 35.4 Å². The molecular formula is C29H34N2O2. The Labute approximate surface area is 198 Å². The number of rotatable bonds is 11. The van der Waals surface area contributed by atoms with Crippen molar-refractivity contribution in [1.82, 2.24) is 0 Å². The maximum absolute atomic E-state index is 11.3. The molecule has 0 amide bonds. The summed E-state index contributed by atoms with van der Waals surface area (Å²) in [7, 11) is 8.22. The van der Waals surface area contributed by atoms with Crippen LogP contribution < -0.4 is 14.5 Å². The molecule has 0 aliphatic heterocycles. The monoisotopic (exact) mass is 442 g/mol. The van der Waals surface area contributed by atoms with Gasteiger partial charge < -0.3 is 14.5 Å². The van der Waals surface area contributed by atoms with Gasteiger partial charge in [0.2, 0.25) is 0 Å². The Kier molecular flexibility index (Phi) is 8.31. The summed E-state index contributed by atoms with van der Waals surface area (Å²) >= 11 is 0. The van der Waals surface area contributed by atoms with Crippen molar-refractivity contribution in [2.24, 2.45) is 0 Å². The number of ether oxygens (including phenoxy) is 1. The average molecular weight is 443 g/mol. The van der Waals surface area contributed by atoms with E-state index in [2.05, 4.69) is 105 Å². The standard InChI is InChI=1S/C29H34N2O2/c1-6-27(32)8-7-21-33-28-19-13-24(14-20-28)29(22-9-15-25(16-10-22)30(2)3)23-11-17-26(18-12-23)31(4)5/h6,9-20,29H,1,7-8,21H2,2-5H3. The maximum atomic E-state index is 11.3. The Hall–Kier alpha value is -3.53. The van der Waals surface area contributed by atoms with E-state index in [1.807, 2.05) is 12.1 Å². The number of benzene rings is 3. The van der Waals surface area contributed by atoms with Crippen molar-refractivity contribution in [2.75, 3.05) is 44.6 Å². The normalized spacial score (nSPS) is 10.7. The van der Waals surface area contributed by atoms with Gasteiger partial charge in [0.05, 0.1) is 6.61 Å². The van der Waals surface area contributed by atoms with E-state index < -0.39 is 0 Å². The molecule has 4 heteroatoms. The first-order valence-electron chi connectivity index (χ1n) is 11.3. The van der Waals surface area contributed by atoms with Gasteiger partial charge in [-0.3, -0.25) is 4.79 Å². The summed E-state index contributed by atoms with van der Waals surface area (Å²) in [4.78, 5) is 15.6. The van der Waals surface area contributed by atoms with Crippen molar-refractivity contribution in [3.63, 3.8) is 0 Å². The number of allylic oxidation sites excluding steroid dienone is 1. The second-order valence-electron chi connectivity index (χ2n) is 8.60. The number of carbonyl (C=O) groups excluding carboxylic acids is 1. The van der Waals surface area contributed by atoms with Crippen LogP contribution in [-0.2, 0) is 4.79 Å². The van der Waals surface area contributed by atoms with E-state index >= 15 is 0 Å². The second-order valence-corrected chi connectivity index (χ2v) is 8.60. The summed E-state index contributed by atoms with van der Waals surface area (Å²) in [6, 6.07) is 25.8. The summed E-state index contributed by atoms with van der Waals surface area (Å²) in [5, 5.41) is 0. The Morgan fingerprint density at radius 3 is 1.61 bits per heavy atom. The highest BCUT2D eigenvalue weighted by Crippen LogP contribution is 2.34. The summed E-state index contributed by atoms with van der Waals surface area (Å²) in [6.45, 7) is 4.02. The van der Waals surface area contributed by atoms with Crippen LogP contribution in [0.4, 0.5) is 11.4 Å². The zero-order valence-electron chi connectivity index (χ0n) is 20.1. The molecule has 0 radical (unpaired) electrons. The minimum absolute atomic E-state index is 0.0531. The first kappa shape index (κ1) is 24.1. The van der Waals surface area contributed by atoms with Gasteiger partial charge >= 0.3 is 0 Å².